The van der Waals surface area contributed by atoms with Gasteiger partial charge in [-0.05, 0) is 43.1 Å². The second-order valence-corrected chi connectivity index (χ2v) is 6.85. The summed E-state index contributed by atoms with van der Waals surface area (Å²) in [6.45, 7) is 0. The van der Waals surface area contributed by atoms with E-state index < -0.39 is 0 Å². The van der Waals surface area contributed by atoms with Gasteiger partial charge in [0.1, 0.15) is 0 Å². The molecule has 1 aliphatic heterocycles. The maximum atomic E-state index is 6.29. The van der Waals surface area contributed by atoms with Crippen molar-refractivity contribution in [1.29, 1.82) is 0 Å². The second kappa shape index (κ2) is 6.21. The van der Waals surface area contributed by atoms with E-state index in [1.165, 1.54) is 16.0 Å². The lowest BCUT2D eigenvalue weighted by Crippen LogP contribution is -2.37. The number of halogens is 1. The second-order valence-electron chi connectivity index (χ2n) is 5.16. The molecule has 1 N–H and O–H groups in total. The molecule has 0 radical (unpaired) electrons. The molecule has 0 saturated carbocycles. The minimum Gasteiger partial charge on any atom is -0.316 e. The van der Waals surface area contributed by atoms with Gasteiger partial charge in [-0.25, -0.2) is 0 Å². The molecule has 104 valence electrons. The normalized spacial score (nSPS) is 18.8. The standard InChI is InChI=1S/C17H18ClNS/c1-19-15(10-12-6-2-4-8-14(12)18)17-11-13-7-3-5-9-16(13)20-17/h2-9,15,17,19H,10-11H2,1H3. The molecule has 2 atom stereocenters. The van der Waals surface area contributed by atoms with Crippen molar-refractivity contribution in [3.63, 3.8) is 0 Å². The SMILES string of the molecule is CNC(Cc1ccccc1Cl)C1Cc2ccccc2S1. The van der Waals surface area contributed by atoms with Gasteiger partial charge in [0.15, 0.2) is 0 Å². The first kappa shape index (κ1) is 14.0. The molecule has 0 aromatic heterocycles. The zero-order valence-electron chi connectivity index (χ0n) is 11.5. The van der Waals surface area contributed by atoms with Crippen molar-refractivity contribution >= 4 is 23.4 Å². The number of rotatable bonds is 4. The third kappa shape index (κ3) is 2.88. The molecule has 0 aliphatic carbocycles. The fourth-order valence-electron chi connectivity index (χ4n) is 2.75. The van der Waals surface area contributed by atoms with Crippen LogP contribution in [-0.4, -0.2) is 18.3 Å². The molecule has 2 unspecified atom stereocenters. The molecule has 0 amide bonds. The number of benzene rings is 2. The summed E-state index contributed by atoms with van der Waals surface area (Å²) in [5, 5.41) is 4.92. The Balaban J connectivity index is 1.74. The van der Waals surface area contributed by atoms with Crippen molar-refractivity contribution in [3.05, 3.63) is 64.7 Å². The molecule has 2 aromatic rings. The maximum Gasteiger partial charge on any atom is 0.0438 e. The molecule has 0 saturated heterocycles. The van der Waals surface area contributed by atoms with Gasteiger partial charge in [0.2, 0.25) is 0 Å². The van der Waals surface area contributed by atoms with Gasteiger partial charge < -0.3 is 5.32 Å². The molecule has 2 aromatic carbocycles. The molecule has 1 heterocycles. The summed E-state index contributed by atoms with van der Waals surface area (Å²) in [6.07, 6.45) is 2.11. The average molecular weight is 304 g/mol. The van der Waals surface area contributed by atoms with E-state index in [2.05, 4.69) is 41.7 Å². The number of fused-ring (bicyclic) bond motifs is 1. The third-order valence-electron chi connectivity index (χ3n) is 3.89. The van der Waals surface area contributed by atoms with Crippen molar-refractivity contribution in [3.8, 4) is 0 Å². The summed E-state index contributed by atoms with van der Waals surface area (Å²) in [6, 6.07) is 17.3. The first-order chi connectivity index (χ1) is 9.78. The zero-order chi connectivity index (χ0) is 13.9. The van der Waals surface area contributed by atoms with Gasteiger partial charge in [0.25, 0.3) is 0 Å². The van der Waals surface area contributed by atoms with Crippen LogP contribution in [0.15, 0.2) is 53.4 Å². The van der Waals surface area contributed by atoms with Crippen LogP contribution in [0.4, 0.5) is 0 Å². The Morgan fingerprint density at radius 3 is 2.70 bits per heavy atom. The fourth-order valence-corrected chi connectivity index (χ4v) is 4.41. The molecule has 20 heavy (non-hydrogen) atoms. The summed E-state index contributed by atoms with van der Waals surface area (Å²) in [5.41, 5.74) is 2.70. The van der Waals surface area contributed by atoms with E-state index in [0.717, 1.165) is 17.9 Å². The monoisotopic (exact) mass is 303 g/mol. The zero-order valence-corrected chi connectivity index (χ0v) is 13.0. The molecular weight excluding hydrogens is 286 g/mol. The third-order valence-corrected chi connectivity index (χ3v) is 5.71. The fraction of sp³-hybridized carbons (Fsp3) is 0.294. The Bertz CT molecular complexity index is 574. The van der Waals surface area contributed by atoms with E-state index in [1.54, 1.807) is 0 Å². The summed E-state index contributed by atoms with van der Waals surface area (Å²) in [5.74, 6) is 0. The van der Waals surface area contributed by atoms with Crippen molar-refractivity contribution in [2.75, 3.05) is 7.05 Å². The molecule has 0 fully saturated rings. The van der Waals surface area contributed by atoms with Crippen LogP contribution in [0, 0.1) is 0 Å². The first-order valence-electron chi connectivity index (χ1n) is 6.93. The summed E-state index contributed by atoms with van der Waals surface area (Å²) in [4.78, 5) is 1.43. The van der Waals surface area contributed by atoms with Gasteiger partial charge in [-0.3, -0.25) is 0 Å². The molecule has 0 bridgehead atoms. The van der Waals surface area contributed by atoms with Crippen molar-refractivity contribution in [2.24, 2.45) is 0 Å². The highest BCUT2D eigenvalue weighted by Gasteiger charge is 2.28. The van der Waals surface area contributed by atoms with Gasteiger partial charge in [0.05, 0.1) is 0 Å². The summed E-state index contributed by atoms with van der Waals surface area (Å²) < 4.78 is 0. The predicted octanol–water partition coefficient (Wildman–Crippen LogP) is 4.19. The molecular formula is C17H18ClNS. The van der Waals surface area contributed by atoms with E-state index in [1.807, 2.05) is 30.9 Å². The molecule has 1 nitrogen and oxygen atoms in total. The largest absolute Gasteiger partial charge is 0.316 e. The number of hydrogen-bond donors (Lipinski definition) is 1. The van der Waals surface area contributed by atoms with Gasteiger partial charge in [0, 0.05) is 21.2 Å². The van der Waals surface area contributed by atoms with Gasteiger partial charge >= 0.3 is 0 Å². The Labute approximate surface area is 129 Å². The van der Waals surface area contributed by atoms with E-state index >= 15 is 0 Å². The van der Waals surface area contributed by atoms with E-state index in [4.69, 9.17) is 11.6 Å². The highest BCUT2D eigenvalue weighted by Crippen LogP contribution is 2.39. The topological polar surface area (TPSA) is 12.0 Å². The Morgan fingerprint density at radius 1 is 1.20 bits per heavy atom. The minimum absolute atomic E-state index is 0.437. The van der Waals surface area contributed by atoms with E-state index in [9.17, 15) is 0 Å². The quantitative estimate of drug-likeness (QED) is 0.909. The number of hydrogen-bond acceptors (Lipinski definition) is 2. The average Bonchev–Trinajstić information content (AvgIpc) is 2.90. The van der Waals surface area contributed by atoms with E-state index in [0.29, 0.717) is 11.3 Å². The Kier molecular flexibility index (Phi) is 4.35. The smallest absolute Gasteiger partial charge is 0.0438 e. The lowest BCUT2D eigenvalue weighted by atomic mass is 9.99. The van der Waals surface area contributed by atoms with Crippen molar-refractivity contribution in [2.45, 2.75) is 29.0 Å². The van der Waals surface area contributed by atoms with Crippen molar-refractivity contribution in [1.82, 2.24) is 5.32 Å². The van der Waals surface area contributed by atoms with Crippen molar-refractivity contribution < 1.29 is 0 Å². The summed E-state index contributed by atoms with van der Waals surface area (Å²) >= 11 is 8.27. The molecule has 3 heteroatoms. The highest BCUT2D eigenvalue weighted by atomic mass is 35.5. The van der Waals surface area contributed by atoms with Gasteiger partial charge in [-0.15, -0.1) is 11.8 Å². The Morgan fingerprint density at radius 2 is 1.95 bits per heavy atom. The van der Waals surface area contributed by atoms with Crippen LogP contribution in [0.5, 0.6) is 0 Å². The van der Waals surface area contributed by atoms with Crippen LogP contribution in [-0.2, 0) is 12.8 Å². The first-order valence-corrected chi connectivity index (χ1v) is 8.19. The van der Waals surface area contributed by atoms with Gasteiger partial charge in [-0.2, -0.15) is 0 Å². The lowest BCUT2D eigenvalue weighted by molar-refractivity contribution is 0.537. The van der Waals surface area contributed by atoms with Crippen LogP contribution in [0.25, 0.3) is 0 Å². The van der Waals surface area contributed by atoms with Crippen LogP contribution in [0.2, 0.25) is 5.02 Å². The van der Waals surface area contributed by atoms with Crippen LogP contribution < -0.4 is 5.32 Å². The van der Waals surface area contributed by atoms with Crippen LogP contribution >= 0.6 is 23.4 Å². The maximum absolute atomic E-state index is 6.29. The minimum atomic E-state index is 0.437. The summed E-state index contributed by atoms with van der Waals surface area (Å²) in [7, 11) is 2.05. The Hall–Kier alpha value is -0.960. The number of nitrogens with one attached hydrogen (secondary N) is 1. The number of likely N-dealkylation sites (N-methyl/N-ethyl adjacent to an activating group) is 1. The van der Waals surface area contributed by atoms with Crippen LogP contribution in [0.3, 0.4) is 0 Å². The van der Waals surface area contributed by atoms with Gasteiger partial charge in [-0.1, -0.05) is 48.0 Å². The molecule has 0 spiro atoms. The lowest BCUT2D eigenvalue weighted by Gasteiger charge is -2.22. The van der Waals surface area contributed by atoms with Crippen LogP contribution in [0.1, 0.15) is 11.1 Å². The molecule has 1 aliphatic rings. The highest BCUT2D eigenvalue weighted by molar-refractivity contribution is 8.00. The number of thioether (sulfide) groups is 1. The predicted molar refractivity (Wildman–Crippen MR) is 87.8 cm³/mol. The molecule has 3 rings (SSSR count). The van der Waals surface area contributed by atoms with E-state index in [-0.39, 0.29) is 0 Å².